The highest BCUT2D eigenvalue weighted by Crippen LogP contribution is 2.34. The Balaban J connectivity index is 2.51. The normalized spacial score (nSPS) is 15.2. The van der Waals surface area contributed by atoms with Gasteiger partial charge in [-0.1, -0.05) is 12.1 Å². The fourth-order valence-electron chi connectivity index (χ4n) is 1.85. The Morgan fingerprint density at radius 2 is 2.11 bits per heavy atom. The van der Waals surface area contributed by atoms with Gasteiger partial charge in [-0.3, -0.25) is 9.69 Å². The standard InChI is InChI=1S/C12H12N2O4/c1-18-9-5-3-2-4-8(9)14-10(15)6-7(11(14)13)12(16)17/h2-5H,6,13H2,1H3,(H,16,17). The molecule has 1 aromatic rings. The second-order valence-corrected chi connectivity index (χ2v) is 3.75. The van der Waals surface area contributed by atoms with Crippen LogP contribution in [0.15, 0.2) is 35.7 Å². The van der Waals surface area contributed by atoms with Gasteiger partial charge in [0.1, 0.15) is 11.6 Å². The average Bonchev–Trinajstić information content (AvgIpc) is 2.65. The van der Waals surface area contributed by atoms with Gasteiger partial charge in [0, 0.05) is 0 Å². The SMILES string of the molecule is COc1ccccc1N1C(=O)CC(C(=O)O)=C1N. The van der Waals surface area contributed by atoms with Crippen LogP contribution >= 0.6 is 0 Å². The zero-order valence-electron chi connectivity index (χ0n) is 9.71. The maximum absolute atomic E-state index is 11.9. The number of nitrogens with two attached hydrogens (primary N) is 1. The fraction of sp³-hybridized carbons (Fsp3) is 0.167. The molecule has 0 bridgehead atoms. The molecule has 6 nitrogen and oxygen atoms in total. The van der Waals surface area contributed by atoms with Crippen LogP contribution in [-0.4, -0.2) is 24.1 Å². The number of hydrogen-bond donors (Lipinski definition) is 2. The number of carbonyl (C=O) groups excluding carboxylic acids is 1. The number of aliphatic carboxylic acids is 1. The predicted molar refractivity (Wildman–Crippen MR) is 63.9 cm³/mol. The number of amides is 1. The molecule has 0 aliphatic carbocycles. The van der Waals surface area contributed by atoms with Gasteiger partial charge < -0.3 is 15.6 Å². The Labute approximate surface area is 103 Å². The molecular weight excluding hydrogens is 236 g/mol. The number of anilines is 1. The van der Waals surface area contributed by atoms with Gasteiger partial charge in [-0.15, -0.1) is 0 Å². The maximum atomic E-state index is 11.9. The van der Waals surface area contributed by atoms with E-state index in [0.29, 0.717) is 11.4 Å². The molecule has 0 aromatic heterocycles. The number of hydrogen-bond acceptors (Lipinski definition) is 4. The lowest BCUT2D eigenvalue weighted by Gasteiger charge is -2.19. The zero-order valence-corrected chi connectivity index (χ0v) is 9.71. The first-order valence-corrected chi connectivity index (χ1v) is 5.24. The summed E-state index contributed by atoms with van der Waals surface area (Å²) in [6, 6.07) is 6.79. The molecule has 1 aromatic carbocycles. The van der Waals surface area contributed by atoms with Crippen LogP contribution < -0.4 is 15.4 Å². The summed E-state index contributed by atoms with van der Waals surface area (Å²) < 4.78 is 5.13. The molecule has 0 atom stereocenters. The number of benzene rings is 1. The number of para-hydroxylation sites is 2. The van der Waals surface area contributed by atoms with Crippen molar-refractivity contribution in [3.8, 4) is 5.75 Å². The van der Waals surface area contributed by atoms with E-state index in [2.05, 4.69) is 0 Å². The number of carbonyl (C=O) groups is 2. The number of carboxylic acids is 1. The molecular formula is C12H12N2O4. The van der Waals surface area contributed by atoms with Crippen LogP contribution in [-0.2, 0) is 9.59 Å². The number of methoxy groups -OCH3 is 1. The van der Waals surface area contributed by atoms with Crippen LogP contribution in [0.2, 0.25) is 0 Å². The highest BCUT2D eigenvalue weighted by atomic mass is 16.5. The first-order chi connectivity index (χ1) is 8.56. The van der Waals surface area contributed by atoms with Crippen molar-refractivity contribution in [1.29, 1.82) is 0 Å². The number of rotatable bonds is 3. The van der Waals surface area contributed by atoms with Gasteiger partial charge in [0.05, 0.1) is 24.8 Å². The van der Waals surface area contributed by atoms with Gasteiger partial charge in [0.25, 0.3) is 0 Å². The summed E-state index contributed by atoms with van der Waals surface area (Å²) >= 11 is 0. The molecule has 1 heterocycles. The maximum Gasteiger partial charge on any atom is 0.335 e. The van der Waals surface area contributed by atoms with E-state index >= 15 is 0 Å². The number of carboxylic acid groups (broad SMARTS) is 1. The topological polar surface area (TPSA) is 92.9 Å². The Bertz CT molecular complexity index is 551. The molecule has 1 aliphatic heterocycles. The Morgan fingerprint density at radius 3 is 2.67 bits per heavy atom. The first kappa shape index (κ1) is 12.0. The smallest absolute Gasteiger partial charge is 0.335 e. The van der Waals surface area contributed by atoms with Gasteiger partial charge >= 0.3 is 5.97 Å². The lowest BCUT2D eigenvalue weighted by Crippen LogP contribution is -2.29. The first-order valence-electron chi connectivity index (χ1n) is 5.24. The van der Waals surface area contributed by atoms with Gasteiger partial charge in [-0.05, 0) is 12.1 Å². The molecule has 18 heavy (non-hydrogen) atoms. The molecule has 0 saturated heterocycles. The van der Waals surface area contributed by atoms with Crippen LogP contribution in [0.4, 0.5) is 5.69 Å². The summed E-state index contributed by atoms with van der Waals surface area (Å²) in [5.74, 6) is -1.16. The van der Waals surface area contributed by atoms with Crippen molar-refractivity contribution in [3.05, 3.63) is 35.7 Å². The third kappa shape index (κ3) is 1.77. The van der Waals surface area contributed by atoms with Crippen molar-refractivity contribution >= 4 is 17.6 Å². The molecule has 2 rings (SSSR count). The summed E-state index contributed by atoms with van der Waals surface area (Å²) in [5.41, 5.74) is 6.07. The third-order valence-corrected chi connectivity index (χ3v) is 2.71. The average molecular weight is 248 g/mol. The Kier molecular flexibility index (Phi) is 2.93. The molecule has 6 heteroatoms. The van der Waals surface area contributed by atoms with Gasteiger partial charge in [-0.2, -0.15) is 0 Å². The quantitative estimate of drug-likeness (QED) is 0.820. The largest absolute Gasteiger partial charge is 0.495 e. The van der Waals surface area contributed by atoms with Crippen molar-refractivity contribution in [1.82, 2.24) is 0 Å². The van der Waals surface area contributed by atoms with E-state index in [-0.39, 0.29) is 23.7 Å². The summed E-state index contributed by atoms with van der Waals surface area (Å²) in [7, 11) is 1.47. The van der Waals surface area contributed by atoms with Gasteiger partial charge in [0.15, 0.2) is 0 Å². The van der Waals surface area contributed by atoms with Crippen LogP contribution in [0, 0.1) is 0 Å². The summed E-state index contributed by atoms with van der Waals surface area (Å²) in [5, 5.41) is 8.94. The second-order valence-electron chi connectivity index (χ2n) is 3.75. The summed E-state index contributed by atoms with van der Waals surface area (Å²) in [4.78, 5) is 24.0. The minimum Gasteiger partial charge on any atom is -0.495 e. The molecule has 0 unspecified atom stereocenters. The lowest BCUT2D eigenvalue weighted by molar-refractivity contribution is -0.133. The molecule has 0 radical (unpaired) electrons. The molecule has 0 saturated carbocycles. The highest BCUT2D eigenvalue weighted by molar-refractivity contribution is 6.09. The lowest BCUT2D eigenvalue weighted by atomic mass is 10.2. The minimum atomic E-state index is -1.18. The van der Waals surface area contributed by atoms with Crippen LogP contribution in [0.1, 0.15) is 6.42 Å². The third-order valence-electron chi connectivity index (χ3n) is 2.71. The number of nitrogens with zero attached hydrogens (tertiary/aromatic N) is 1. The van der Waals surface area contributed by atoms with Gasteiger partial charge in [0.2, 0.25) is 5.91 Å². The van der Waals surface area contributed by atoms with Gasteiger partial charge in [-0.25, -0.2) is 4.79 Å². The summed E-state index contributed by atoms with van der Waals surface area (Å²) in [6.07, 6.45) is -0.209. The second kappa shape index (κ2) is 4.40. The van der Waals surface area contributed by atoms with E-state index in [0.717, 1.165) is 0 Å². The molecule has 0 spiro atoms. The van der Waals surface area contributed by atoms with E-state index in [9.17, 15) is 9.59 Å². The van der Waals surface area contributed by atoms with Crippen molar-refractivity contribution < 1.29 is 19.4 Å². The molecule has 0 fully saturated rings. The van der Waals surface area contributed by atoms with E-state index < -0.39 is 5.97 Å². The monoisotopic (exact) mass is 248 g/mol. The van der Waals surface area contributed by atoms with Crippen molar-refractivity contribution in [2.24, 2.45) is 5.73 Å². The van der Waals surface area contributed by atoms with E-state index in [1.54, 1.807) is 24.3 Å². The number of ether oxygens (including phenoxy) is 1. The van der Waals surface area contributed by atoms with Crippen molar-refractivity contribution in [3.63, 3.8) is 0 Å². The molecule has 94 valence electrons. The van der Waals surface area contributed by atoms with Crippen LogP contribution in [0.3, 0.4) is 0 Å². The van der Waals surface area contributed by atoms with Crippen LogP contribution in [0.25, 0.3) is 0 Å². The van der Waals surface area contributed by atoms with E-state index in [4.69, 9.17) is 15.6 Å². The van der Waals surface area contributed by atoms with E-state index in [1.807, 2.05) is 0 Å². The molecule has 1 aliphatic rings. The van der Waals surface area contributed by atoms with Crippen molar-refractivity contribution in [2.45, 2.75) is 6.42 Å². The minimum absolute atomic E-state index is 0.0583. The Morgan fingerprint density at radius 1 is 1.44 bits per heavy atom. The van der Waals surface area contributed by atoms with Crippen LogP contribution in [0.5, 0.6) is 5.75 Å². The van der Waals surface area contributed by atoms with Crippen molar-refractivity contribution in [2.75, 3.05) is 12.0 Å². The fourth-order valence-corrected chi connectivity index (χ4v) is 1.85. The predicted octanol–water partition coefficient (Wildman–Crippen LogP) is 0.687. The highest BCUT2D eigenvalue weighted by Gasteiger charge is 2.34. The summed E-state index contributed by atoms with van der Waals surface area (Å²) in [6.45, 7) is 0. The Hall–Kier alpha value is -2.50. The molecule has 3 N–H and O–H groups in total. The molecule has 1 amide bonds. The van der Waals surface area contributed by atoms with E-state index in [1.165, 1.54) is 12.0 Å². The zero-order chi connectivity index (χ0) is 13.3.